The first-order valence-corrected chi connectivity index (χ1v) is 9.96. The lowest BCUT2D eigenvalue weighted by Gasteiger charge is -2.03. The van der Waals surface area contributed by atoms with Crippen molar-refractivity contribution < 1.29 is 9.32 Å². The van der Waals surface area contributed by atoms with Crippen LogP contribution in [0.1, 0.15) is 55.4 Å². The maximum absolute atomic E-state index is 12.1. The van der Waals surface area contributed by atoms with Gasteiger partial charge in [-0.15, -0.1) is 11.3 Å². The van der Waals surface area contributed by atoms with Crippen LogP contribution in [0.25, 0.3) is 11.3 Å². The molecular formula is C20H24N4O2S. The molecule has 7 heteroatoms. The zero-order chi connectivity index (χ0) is 19.4. The second-order valence-electron chi connectivity index (χ2n) is 6.94. The number of hydrogen-bond acceptors (Lipinski definition) is 6. The van der Waals surface area contributed by atoms with Gasteiger partial charge in [-0.05, 0) is 37.5 Å². The van der Waals surface area contributed by atoms with Gasteiger partial charge in [-0.2, -0.15) is 4.98 Å². The second kappa shape index (κ2) is 8.43. The highest BCUT2D eigenvalue weighted by Crippen LogP contribution is 2.26. The minimum atomic E-state index is -0.0559. The van der Waals surface area contributed by atoms with Crippen molar-refractivity contribution in [2.45, 2.75) is 52.9 Å². The summed E-state index contributed by atoms with van der Waals surface area (Å²) in [5.41, 5.74) is 4.43. The minimum absolute atomic E-state index is 0.0559. The normalized spacial score (nSPS) is 11.1. The molecule has 0 atom stereocenters. The highest BCUT2D eigenvalue weighted by atomic mass is 32.1. The minimum Gasteiger partial charge on any atom is -0.339 e. The summed E-state index contributed by atoms with van der Waals surface area (Å²) in [5, 5.41) is 9.38. The van der Waals surface area contributed by atoms with E-state index in [-0.39, 0.29) is 11.8 Å². The van der Waals surface area contributed by atoms with E-state index in [0.29, 0.717) is 36.1 Å². The lowest BCUT2D eigenvalue weighted by molar-refractivity contribution is -0.116. The number of nitrogens with zero attached hydrogens (tertiary/aromatic N) is 3. The van der Waals surface area contributed by atoms with Gasteiger partial charge in [0.2, 0.25) is 11.8 Å². The maximum atomic E-state index is 12.1. The van der Waals surface area contributed by atoms with Gasteiger partial charge >= 0.3 is 0 Å². The topological polar surface area (TPSA) is 80.9 Å². The van der Waals surface area contributed by atoms with E-state index in [9.17, 15) is 4.79 Å². The van der Waals surface area contributed by atoms with E-state index < -0.39 is 0 Å². The molecule has 3 rings (SSSR count). The Kier molecular flexibility index (Phi) is 6.01. The lowest BCUT2D eigenvalue weighted by atomic mass is 10.1. The fraction of sp³-hybridized carbons (Fsp3) is 0.400. The molecule has 0 bridgehead atoms. The molecule has 6 nitrogen and oxygen atoms in total. The molecule has 0 spiro atoms. The van der Waals surface area contributed by atoms with Gasteiger partial charge in [0.25, 0.3) is 0 Å². The van der Waals surface area contributed by atoms with Crippen molar-refractivity contribution in [3.05, 3.63) is 46.4 Å². The van der Waals surface area contributed by atoms with Gasteiger partial charge in [-0.25, -0.2) is 4.98 Å². The quantitative estimate of drug-likeness (QED) is 0.627. The first kappa shape index (κ1) is 19.2. The van der Waals surface area contributed by atoms with Crippen molar-refractivity contribution in [3.8, 4) is 11.3 Å². The Bertz CT molecular complexity index is 930. The number of carbonyl (C=O) groups is 1. The van der Waals surface area contributed by atoms with Gasteiger partial charge in [0.15, 0.2) is 11.0 Å². The van der Waals surface area contributed by atoms with Crippen LogP contribution in [0, 0.1) is 13.8 Å². The number of aromatic nitrogens is 3. The molecule has 0 aliphatic carbocycles. The summed E-state index contributed by atoms with van der Waals surface area (Å²) in [7, 11) is 0. The SMILES string of the molecule is Cc1ccc(-c2csc(NC(=O)CCCc3nc(C(C)C)no3)n2)cc1C. The summed E-state index contributed by atoms with van der Waals surface area (Å²) in [5.74, 6) is 1.47. The Morgan fingerprint density at radius 2 is 2.04 bits per heavy atom. The summed E-state index contributed by atoms with van der Waals surface area (Å²) in [4.78, 5) is 21.0. The molecule has 2 aromatic heterocycles. The van der Waals surface area contributed by atoms with E-state index >= 15 is 0 Å². The van der Waals surface area contributed by atoms with Crippen molar-refractivity contribution in [1.29, 1.82) is 0 Å². The smallest absolute Gasteiger partial charge is 0.226 e. The third-order valence-electron chi connectivity index (χ3n) is 4.35. The number of carbonyl (C=O) groups excluding carboxylic acids is 1. The maximum Gasteiger partial charge on any atom is 0.226 e. The fourth-order valence-electron chi connectivity index (χ4n) is 2.55. The van der Waals surface area contributed by atoms with E-state index in [1.807, 2.05) is 19.2 Å². The van der Waals surface area contributed by atoms with Gasteiger partial charge in [-0.3, -0.25) is 4.79 Å². The van der Waals surface area contributed by atoms with Gasteiger partial charge in [0, 0.05) is 29.7 Å². The lowest BCUT2D eigenvalue weighted by Crippen LogP contribution is -2.11. The number of nitrogens with one attached hydrogen (secondary N) is 1. The largest absolute Gasteiger partial charge is 0.339 e. The average molecular weight is 385 g/mol. The summed E-state index contributed by atoms with van der Waals surface area (Å²) in [6.45, 7) is 8.20. The third kappa shape index (κ3) is 5.01. The first-order valence-electron chi connectivity index (χ1n) is 9.08. The number of thiazole rings is 1. The molecule has 142 valence electrons. The van der Waals surface area contributed by atoms with Crippen LogP contribution in [0.3, 0.4) is 0 Å². The third-order valence-corrected chi connectivity index (χ3v) is 5.11. The van der Waals surface area contributed by atoms with Crippen molar-refractivity contribution in [2.24, 2.45) is 0 Å². The number of hydrogen-bond donors (Lipinski definition) is 1. The zero-order valence-corrected chi connectivity index (χ0v) is 16.9. The van der Waals surface area contributed by atoms with E-state index in [1.165, 1.54) is 22.5 Å². The summed E-state index contributed by atoms with van der Waals surface area (Å²) in [6, 6.07) is 6.26. The van der Waals surface area contributed by atoms with Crippen LogP contribution in [0.4, 0.5) is 5.13 Å². The number of aryl methyl sites for hydroxylation is 3. The predicted octanol–water partition coefficient (Wildman–Crippen LogP) is 4.89. The van der Waals surface area contributed by atoms with Crippen LogP contribution in [-0.4, -0.2) is 21.0 Å². The van der Waals surface area contributed by atoms with Crippen LogP contribution >= 0.6 is 11.3 Å². The van der Waals surface area contributed by atoms with Crippen LogP contribution in [0.2, 0.25) is 0 Å². The number of rotatable bonds is 7. The van der Waals surface area contributed by atoms with Gasteiger partial charge < -0.3 is 9.84 Å². The molecule has 0 radical (unpaired) electrons. The Labute approximate surface area is 163 Å². The number of benzene rings is 1. The first-order chi connectivity index (χ1) is 12.9. The van der Waals surface area contributed by atoms with Crippen LogP contribution in [-0.2, 0) is 11.2 Å². The molecule has 1 amide bonds. The molecular weight excluding hydrogens is 360 g/mol. The molecule has 0 aliphatic rings. The van der Waals surface area contributed by atoms with Crippen molar-refractivity contribution in [3.63, 3.8) is 0 Å². The van der Waals surface area contributed by atoms with Gasteiger partial charge in [0.1, 0.15) is 0 Å². The standard InChI is InChI=1S/C20H24N4O2S/c1-12(2)19-23-18(26-24-19)7-5-6-17(25)22-20-21-16(11-27-20)15-9-8-13(3)14(4)10-15/h8-12H,5-7H2,1-4H3,(H,21,22,25). The molecule has 0 aliphatic heterocycles. The monoisotopic (exact) mass is 384 g/mol. The molecule has 0 saturated heterocycles. The summed E-state index contributed by atoms with van der Waals surface area (Å²) < 4.78 is 5.19. The second-order valence-corrected chi connectivity index (χ2v) is 7.80. The van der Waals surface area contributed by atoms with Crippen LogP contribution in [0.15, 0.2) is 28.1 Å². The molecule has 3 aromatic rings. The van der Waals surface area contributed by atoms with Gasteiger partial charge in [0.05, 0.1) is 5.69 Å². The summed E-state index contributed by atoms with van der Waals surface area (Å²) in [6.07, 6.45) is 1.64. The van der Waals surface area contributed by atoms with E-state index in [4.69, 9.17) is 4.52 Å². The van der Waals surface area contributed by atoms with Crippen molar-refractivity contribution in [2.75, 3.05) is 5.32 Å². The molecule has 2 heterocycles. The molecule has 1 N–H and O–H groups in total. The highest BCUT2D eigenvalue weighted by molar-refractivity contribution is 7.14. The number of anilines is 1. The molecule has 1 aromatic carbocycles. The van der Waals surface area contributed by atoms with E-state index in [0.717, 1.165) is 11.3 Å². The number of amides is 1. The van der Waals surface area contributed by atoms with E-state index in [2.05, 4.69) is 52.5 Å². The van der Waals surface area contributed by atoms with Crippen LogP contribution in [0.5, 0.6) is 0 Å². The van der Waals surface area contributed by atoms with Crippen molar-refractivity contribution >= 4 is 22.4 Å². The Hall–Kier alpha value is -2.54. The van der Waals surface area contributed by atoms with Gasteiger partial charge in [-0.1, -0.05) is 31.1 Å². The Balaban J connectivity index is 1.50. The highest BCUT2D eigenvalue weighted by Gasteiger charge is 2.12. The Morgan fingerprint density at radius 1 is 1.22 bits per heavy atom. The van der Waals surface area contributed by atoms with E-state index in [1.54, 1.807) is 0 Å². The summed E-state index contributed by atoms with van der Waals surface area (Å²) >= 11 is 1.44. The molecule has 0 saturated carbocycles. The fourth-order valence-corrected chi connectivity index (χ4v) is 3.29. The molecule has 0 fully saturated rings. The predicted molar refractivity (Wildman–Crippen MR) is 107 cm³/mol. The van der Waals surface area contributed by atoms with Crippen molar-refractivity contribution in [1.82, 2.24) is 15.1 Å². The molecule has 0 unspecified atom stereocenters. The van der Waals surface area contributed by atoms with Crippen LogP contribution < -0.4 is 5.32 Å². The zero-order valence-electron chi connectivity index (χ0n) is 16.1. The molecule has 27 heavy (non-hydrogen) atoms. The Morgan fingerprint density at radius 3 is 2.74 bits per heavy atom. The average Bonchev–Trinajstić information content (AvgIpc) is 3.27.